The van der Waals surface area contributed by atoms with Crippen LogP contribution in [0.1, 0.15) is 38.1 Å². The third kappa shape index (κ3) is 3.25. The summed E-state index contributed by atoms with van der Waals surface area (Å²) in [4.78, 5) is 14.3. The summed E-state index contributed by atoms with van der Waals surface area (Å²) in [6.07, 6.45) is 0. The Balaban J connectivity index is 2.31. The number of phenols is 1. The molecule has 1 amide bonds. The highest BCUT2D eigenvalue weighted by atomic mass is 35.5. The third-order valence-electron chi connectivity index (χ3n) is 3.16. The fourth-order valence-corrected chi connectivity index (χ4v) is 2.98. The van der Waals surface area contributed by atoms with Gasteiger partial charge in [-0.05, 0) is 45.9 Å². The van der Waals surface area contributed by atoms with Crippen LogP contribution in [0.4, 0.5) is 0 Å². The molecule has 1 fully saturated rings. The van der Waals surface area contributed by atoms with Crippen molar-refractivity contribution in [1.82, 2.24) is 4.90 Å². The molecule has 1 aromatic rings. The van der Waals surface area contributed by atoms with Crippen molar-refractivity contribution in [3.63, 3.8) is 0 Å². The summed E-state index contributed by atoms with van der Waals surface area (Å²) in [5.41, 5.74) is -0.512. The number of benzene rings is 1. The number of hydrogen-bond donors (Lipinski definition) is 1. The molecule has 1 aliphatic rings. The summed E-state index contributed by atoms with van der Waals surface area (Å²) < 4.78 is 5.96. The van der Waals surface area contributed by atoms with Crippen molar-refractivity contribution in [1.29, 1.82) is 0 Å². The third-order valence-corrected chi connectivity index (χ3v) is 3.49. The lowest BCUT2D eigenvalue weighted by Crippen LogP contribution is -2.58. The van der Waals surface area contributed by atoms with E-state index in [1.165, 1.54) is 18.2 Å². The van der Waals surface area contributed by atoms with Gasteiger partial charge in [-0.3, -0.25) is 4.79 Å². The van der Waals surface area contributed by atoms with Crippen LogP contribution in [-0.4, -0.2) is 40.2 Å². The number of aromatic hydroxyl groups is 1. The molecule has 1 aromatic carbocycles. The Hall–Kier alpha value is -1.26. The molecule has 2 rings (SSSR count). The van der Waals surface area contributed by atoms with Crippen LogP contribution >= 0.6 is 11.6 Å². The van der Waals surface area contributed by atoms with Crippen LogP contribution in [0.15, 0.2) is 18.2 Å². The van der Waals surface area contributed by atoms with Gasteiger partial charge in [-0.15, -0.1) is 0 Å². The van der Waals surface area contributed by atoms with Gasteiger partial charge >= 0.3 is 0 Å². The highest BCUT2D eigenvalue weighted by Gasteiger charge is 2.40. The maximum atomic E-state index is 12.6. The Morgan fingerprint density at radius 3 is 2.35 bits per heavy atom. The summed E-state index contributed by atoms with van der Waals surface area (Å²) >= 11 is 6.06. The second-order valence-electron chi connectivity index (χ2n) is 6.45. The smallest absolute Gasteiger partial charge is 0.255 e. The van der Waals surface area contributed by atoms with E-state index in [0.717, 1.165) is 0 Å². The molecule has 0 saturated carbocycles. The van der Waals surface area contributed by atoms with E-state index in [2.05, 4.69) is 0 Å². The largest absolute Gasteiger partial charge is 0.508 e. The van der Waals surface area contributed by atoms with Gasteiger partial charge in [0.2, 0.25) is 0 Å². The minimum Gasteiger partial charge on any atom is -0.508 e. The standard InChI is InChI=1S/C15H20ClNO3/c1-14(2)8-17(9-15(3,4)20-14)13(19)11-7-10(18)5-6-12(11)16/h5-7,18H,8-9H2,1-4H3. The number of carbonyl (C=O) groups excluding carboxylic acids is 1. The Kier molecular flexibility index (Phi) is 3.73. The molecule has 0 spiro atoms. The van der Waals surface area contributed by atoms with Crippen molar-refractivity contribution >= 4 is 17.5 Å². The van der Waals surface area contributed by atoms with Gasteiger partial charge in [0.25, 0.3) is 5.91 Å². The monoisotopic (exact) mass is 297 g/mol. The molecule has 110 valence electrons. The topological polar surface area (TPSA) is 49.8 Å². The van der Waals surface area contributed by atoms with Crippen molar-refractivity contribution in [2.24, 2.45) is 0 Å². The summed E-state index contributed by atoms with van der Waals surface area (Å²) in [5, 5.41) is 9.88. The molecule has 1 N–H and O–H groups in total. The SMILES string of the molecule is CC1(C)CN(C(=O)c2cc(O)ccc2Cl)CC(C)(C)O1. The van der Waals surface area contributed by atoms with Crippen LogP contribution in [0, 0.1) is 0 Å². The molecule has 20 heavy (non-hydrogen) atoms. The predicted molar refractivity (Wildman–Crippen MR) is 78.3 cm³/mol. The van der Waals surface area contributed by atoms with E-state index < -0.39 is 11.2 Å². The zero-order valence-electron chi connectivity index (χ0n) is 12.2. The van der Waals surface area contributed by atoms with Gasteiger partial charge in [-0.2, -0.15) is 0 Å². The van der Waals surface area contributed by atoms with Crippen molar-refractivity contribution in [3.8, 4) is 5.75 Å². The number of rotatable bonds is 1. The molecular formula is C15H20ClNO3. The maximum absolute atomic E-state index is 12.6. The Labute approximate surface area is 124 Å². The molecular weight excluding hydrogens is 278 g/mol. The van der Waals surface area contributed by atoms with E-state index in [0.29, 0.717) is 23.7 Å². The molecule has 1 heterocycles. The van der Waals surface area contributed by atoms with Gasteiger partial charge in [0, 0.05) is 13.1 Å². The number of morpholine rings is 1. The van der Waals surface area contributed by atoms with Gasteiger partial charge in [-0.25, -0.2) is 0 Å². The second-order valence-corrected chi connectivity index (χ2v) is 6.85. The fraction of sp³-hybridized carbons (Fsp3) is 0.533. The highest BCUT2D eigenvalue weighted by molar-refractivity contribution is 6.33. The molecule has 0 unspecified atom stereocenters. The van der Waals surface area contributed by atoms with Crippen LogP contribution in [0.3, 0.4) is 0 Å². The number of carbonyl (C=O) groups is 1. The number of nitrogens with zero attached hydrogens (tertiary/aromatic N) is 1. The molecule has 0 aliphatic carbocycles. The normalized spacial score (nSPS) is 20.8. The van der Waals surface area contributed by atoms with Crippen LogP contribution in [0.5, 0.6) is 5.75 Å². The van der Waals surface area contributed by atoms with Gasteiger partial charge in [-0.1, -0.05) is 11.6 Å². The van der Waals surface area contributed by atoms with E-state index >= 15 is 0 Å². The lowest BCUT2D eigenvalue weighted by atomic mass is 9.98. The number of hydrogen-bond acceptors (Lipinski definition) is 3. The van der Waals surface area contributed by atoms with Crippen LogP contribution < -0.4 is 0 Å². The summed E-state index contributed by atoms with van der Waals surface area (Å²) in [5.74, 6) is -0.153. The number of ether oxygens (including phenoxy) is 1. The minimum atomic E-state index is -0.416. The summed E-state index contributed by atoms with van der Waals surface area (Å²) in [6.45, 7) is 8.80. The average Bonchev–Trinajstić information content (AvgIpc) is 2.27. The number of amides is 1. The van der Waals surface area contributed by atoms with Gasteiger partial charge in [0.05, 0.1) is 21.8 Å². The molecule has 0 aromatic heterocycles. The molecule has 5 heteroatoms. The van der Waals surface area contributed by atoms with E-state index in [1.54, 1.807) is 4.90 Å². The Morgan fingerprint density at radius 1 is 1.25 bits per heavy atom. The first kappa shape index (κ1) is 15.1. The molecule has 0 radical (unpaired) electrons. The molecule has 1 aliphatic heterocycles. The van der Waals surface area contributed by atoms with E-state index in [9.17, 15) is 9.90 Å². The van der Waals surface area contributed by atoms with Crippen LogP contribution in [0.25, 0.3) is 0 Å². The summed E-state index contributed by atoms with van der Waals surface area (Å²) in [7, 11) is 0. The van der Waals surface area contributed by atoms with Gasteiger partial charge in [0.1, 0.15) is 5.75 Å². The van der Waals surface area contributed by atoms with Gasteiger partial charge < -0.3 is 14.7 Å². The first-order chi connectivity index (χ1) is 9.10. The molecule has 4 nitrogen and oxygen atoms in total. The maximum Gasteiger partial charge on any atom is 0.255 e. The zero-order chi connectivity index (χ0) is 15.1. The van der Waals surface area contributed by atoms with Crippen molar-refractivity contribution < 1.29 is 14.6 Å². The Morgan fingerprint density at radius 2 is 1.80 bits per heavy atom. The van der Waals surface area contributed by atoms with Crippen molar-refractivity contribution in [2.75, 3.05) is 13.1 Å². The highest BCUT2D eigenvalue weighted by Crippen LogP contribution is 2.30. The molecule has 1 saturated heterocycles. The lowest BCUT2D eigenvalue weighted by molar-refractivity contribution is -0.171. The predicted octanol–water partition coefficient (Wildman–Crippen LogP) is 3.08. The van der Waals surface area contributed by atoms with Crippen LogP contribution in [-0.2, 0) is 4.74 Å². The van der Waals surface area contributed by atoms with Crippen molar-refractivity contribution in [3.05, 3.63) is 28.8 Å². The zero-order valence-corrected chi connectivity index (χ0v) is 13.0. The lowest BCUT2D eigenvalue weighted by Gasteiger charge is -2.47. The van der Waals surface area contributed by atoms with E-state index in [1.807, 2.05) is 27.7 Å². The molecule has 0 bridgehead atoms. The van der Waals surface area contributed by atoms with E-state index in [-0.39, 0.29) is 11.7 Å². The minimum absolute atomic E-state index is 0.0320. The first-order valence-corrected chi connectivity index (χ1v) is 6.95. The first-order valence-electron chi connectivity index (χ1n) is 6.58. The molecule has 0 atom stereocenters. The van der Waals surface area contributed by atoms with E-state index in [4.69, 9.17) is 16.3 Å². The van der Waals surface area contributed by atoms with Crippen LogP contribution in [0.2, 0.25) is 5.02 Å². The fourth-order valence-electron chi connectivity index (χ4n) is 2.78. The van der Waals surface area contributed by atoms with Gasteiger partial charge in [0.15, 0.2) is 0 Å². The number of halogens is 1. The Bertz CT molecular complexity index is 524. The average molecular weight is 298 g/mol. The quantitative estimate of drug-likeness (QED) is 0.866. The number of phenolic OH excluding ortho intramolecular Hbond substituents is 1. The summed E-state index contributed by atoms with van der Waals surface area (Å²) in [6, 6.07) is 4.40. The second kappa shape index (κ2) is 4.93. The van der Waals surface area contributed by atoms with Crippen molar-refractivity contribution in [2.45, 2.75) is 38.9 Å².